The molecule has 0 unspecified atom stereocenters. The topological polar surface area (TPSA) is 101 Å². The van der Waals surface area contributed by atoms with E-state index in [1.165, 1.54) is 31.4 Å². The number of nitrogens with zero attached hydrogens (tertiary/aromatic N) is 2. The third-order valence-electron chi connectivity index (χ3n) is 4.08. The lowest BCUT2D eigenvalue weighted by Gasteiger charge is -2.23. The van der Waals surface area contributed by atoms with Gasteiger partial charge in [-0.2, -0.15) is 0 Å². The second-order valence-electron chi connectivity index (χ2n) is 6.09. The van der Waals surface area contributed by atoms with Gasteiger partial charge in [0, 0.05) is 13.2 Å². The molecular formula is C18H22ClFN4O4S. The summed E-state index contributed by atoms with van der Waals surface area (Å²) in [4.78, 5) is 21.1. The van der Waals surface area contributed by atoms with Crippen LogP contribution in [0.2, 0.25) is 5.15 Å². The highest BCUT2D eigenvalue weighted by Crippen LogP contribution is 2.34. The molecule has 2 rings (SSSR count). The number of rotatable bonds is 8. The lowest BCUT2D eigenvalue weighted by Crippen LogP contribution is -2.26. The summed E-state index contributed by atoms with van der Waals surface area (Å²) in [6.07, 6.45) is 2.64. The van der Waals surface area contributed by atoms with Gasteiger partial charge in [0.05, 0.1) is 35.5 Å². The van der Waals surface area contributed by atoms with Crippen LogP contribution in [0.1, 0.15) is 29.8 Å². The van der Waals surface area contributed by atoms with E-state index >= 15 is 0 Å². The lowest BCUT2D eigenvalue weighted by atomic mass is 10.1. The number of benzene rings is 1. The summed E-state index contributed by atoms with van der Waals surface area (Å²) in [6, 6.07) is 3.99. The van der Waals surface area contributed by atoms with Crippen molar-refractivity contribution in [3.63, 3.8) is 0 Å². The number of pyridine rings is 1. The van der Waals surface area contributed by atoms with Gasteiger partial charge in [-0.05, 0) is 37.1 Å². The van der Waals surface area contributed by atoms with Crippen LogP contribution in [0.5, 0.6) is 0 Å². The van der Waals surface area contributed by atoms with Gasteiger partial charge in [0.25, 0.3) is 5.91 Å². The van der Waals surface area contributed by atoms with Gasteiger partial charge in [0.2, 0.25) is 10.0 Å². The molecule has 0 radical (unpaired) electrons. The van der Waals surface area contributed by atoms with Crippen LogP contribution in [0, 0.1) is 5.82 Å². The fraction of sp³-hybridized carbons (Fsp3) is 0.333. The summed E-state index contributed by atoms with van der Waals surface area (Å²) < 4.78 is 39.6. The fourth-order valence-corrected chi connectivity index (χ4v) is 3.13. The van der Waals surface area contributed by atoms with E-state index in [9.17, 15) is 17.6 Å². The maximum Gasteiger partial charge on any atom is 0.278 e. The third kappa shape index (κ3) is 5.55. The highest BCUT2D eigenvalue weighted by atomic mass is 35.5. The predicted molar refractivity (Wildman–Crippen MR) is 111 cm³/mol. The Labute approximate surface area is 174 Å². The first-order valence-electron chi connectivity index (χ1n) is 8.69. The molecule has 158 valence electrons. The number of hydrogen-bond donors (Lipinski definition) is 2. The Morgan fingerprint density at radius 2 is 1.97 bits per heavy atom. The number of aromatic nitrogens is 1. The molecule has 29 heavy (non-hydrogen) atoms. The average Bonchev–Trinajstić information content (AvgIpc) is 2.65. The van der Waals surface area contributed by atoms with Crippen LogP contribution in [0.4, 0.5) is 21.5 Å². The molecule has 0 saturated heterocycles. The van der Waals surface area contributed by atoms with Gasteiger partial charge in [-0.1, -0.05) is 18.5 Å². The van der Waals surface area contributed by atoms with E-state index in [-0.39, 0.29) is 34.4 Å². The van der Waals surface area contributed by atoms with E-state index in [1.54, 1.807) is 13.8 Å². The lowest BCUT2D eigenvalue weighted by molar-refractivity contribution is 0.0365. The summed E-state index contributed by atoms with van der Waals surface area (Å²) in [7, 11) is -2.27. The number of carbonyl (C=O) groups excluding carboxylic acids is 1. The quantitative estimate of drug-likeness (QED) is 0.478. The second-order valence-corrected chi connectivity index (χ2v) is 8.49. The molecule has 0 aliphatic carbocycles. The van der Waals surface area contributed by atoms with E-state index in [4.69, 9.17) is 16.4 Å². The first-order valence-corrected chi connectivity index (χ1v) is 10.9. The number of sulfonamides is 1. The smallest absolute Gasteiger partial charge is 0.278 e. The molecule has 1 heterocycles. The highest BCUT2D eigenvalue weighted by molar-refractivity contribution is 7.92. The molecule has 0 atom stereocenters. The highest BCUT2D eigenvalue weighted by Gasteiger charge is 2.21. The van der Waals surface area contributed by atoms with Crippen LogP contribution >= 0.6 is 11.6 Å². The van der Waals surface area contributed by atoms with Crippen LogP contribution in [-0.4, -0.2) is 39.2 Å². The van der Waals surface area contributed by atoms with Gasteiger partial charge < -0.3 is 5.32 Å². The molecule has 0 saturated carbocycles. The Kier molecular flexibility index (Phi) is 7.39. The van der Waals surface area contributed by atoms with Crippen LogP contribution in [0.25, 0.3) is 0 Å². The Balaban J connectivity index is 2.58. The molecule has 1 aromatic carbocycles. The zero-order valence-corrected chi connectivity index (χ0v) is 18.0. The number of halogens is 2. The van der Waals surface area contributed by atoms with Crippen molar-refractivity contribution in [2.75, 3.05) is 29.5 Å². The number of carbonyl (C=O) groups is 1. The van der Waals surface area contributed by atoms with E-state index in [0.717, 1.165) is 10.6 Å². The minimum Gasteiger partial charge on any atom is -0.353 e. The number of aryl methyl sites for hydroxylation is 1. The number of hydroxylamine groups is 1. The Morgan fingerprint density at radius 3 is 2.55 bits per heavy atom. The van der Waals surface area contributed by atoms with Gasteiger partial charge >= 0.3 is 0 Å². The van der Waals surface area contributed by atoms with Crippen molar-refractivity contribution in [1.82, 2.24) is 10.5 Å². The van der Waals surface area contributed by atoms with Gasteiger partial charge in [0.1, 0.15) is 11.0 Å². The molecule has 0 bridgehead atoms. The number of hydrogen-bond acceptors (Lipinski definition) is 6. The van der Waals surface area contributed by atoms with E-state index in [1.807, 2.05) is 0 Å². The van der Waals surface area contributed by atoms with Crippen molar-refractivity contribution in [3.8, 4) is 0 Å². The van der Waals surface area contributed by atoms with Gasteiger partial charge in [0.15, 0.2) is 0 Å². The molecule has 0 aliphatic heterocycles. The van der Waals surface area contributed by atoms with Crippen LogP contribution in [0.3, 0.4) is 0 Å². The van der Waals surface area contributed by atoms with Crippen molar-refractivity contribution in [2.24, 2.45) is 0 Å². The molecule has 11 heteroatoms. The Bertz CT molecular complexity index is 1020. The minimum absolute atomic E-state index is 0.0794. The van der Waals surface area contributed by atoms with E-state index in [0.29, 0.717) is 12.0 Å². The van der Waals surface area contributed by atoms with Gasteiger partial charge in [-0.25, -0.2) is 23.3 Å². The summed E-state index contributed by atoms with van der Waals surface area (Å²) in [5, 5.41) is 2.98. The molecule has 8 nitrogen and oxygen atoms in total. The summed E-state index contributed by atoms with van der Waals surface area (Å²) in [5.74, 6) is -1.11. The van der Waals surface area contributed by atoms with Crippen molar-refractivity contribution < 1.29 is 22.4 Å². The first-order chi connectivity index (χ1) is 13.6. The summed E-state index contributed by atoms with van der Waals surface area (Å²) >= 11 is 5.95. The maximum atomic E-state index is 14.5. The van der Waals surface area contributed by atoms with Gasteiger partial charge in [-0.3, -0.25) is 13.9 Å². The maximum absolute atomic E-state index is 14.5. The van der Waals surface area contributed by atoms with Crippen LogP contribution in [-0.2, 0) is 21.3 Å². The molecule has 1 aromatic heterocycles. The standard InChI is InChI=1S/C18H22ClFN4O4S/c1-5-11-7-16(24(3)29(4,26)27)15(8-13(11)20)22-14-9-17(19)21-10-12(14)18(25)23-28-6-2/h7-10H,5-6H2,1-4H3,(H,21,22)(H,23,25). The number of nitrogens with one attached hydrogen (secondary N) is 2. The molecular weight excluding hydrogens is 423 g/mol. The predicted octanol–water partition coefficient (Wildman–Crippen LogP) is 3.26. The monoisotopic (exact) mass is 444 g/mol. The number of amides is 1. The van der Waals surface area contributed by atoms with Crippen molar-refractivity contribution in [2.45, 2.75) is 20.3 Å². The van der Waals surface area contributed by atoms with Crippen molar-refractivity contribution >= 4 is 44.6 Å². The van der Waals surface area contributed by atoms with E-state index < -0.39 is 21.7 Å². The largest absolute Gasteiger partial charge is 0.353 e. The second kappa shape index (κ2) is 9.38. The van der Waals surface area contributed by atoms with Crippen molar-refractivity contribution in [3.05, 3.63) is 46.5 Å². The summed E-state index contributed by atoms with van der Waals surface area (Å²) in [6.45, 7) is 3.71. The number of anilines is 3. The zero-order chi connectivity index (χ0) is 21.8. The van der Waals surface area contributed by atoms with E-state index in [2.05, 4.69) is 15.8 Å². The molecule has 0 fully saturated rings. The first kappa shape index (κ1) is 22.9. The molecule has 2 N–H and O–H groups in total. The van der Waals surface area contributed by atoms with Crippen LogP contribution in [0.15, 0.2) is 24.4 Å². The molecule has 0 spiro atoms. The molecule has 2 aromatic rings. The van der Waals surface area contributed by atoms with Crippen molar-refractivity contribution in [1.29, 1.82) is 0 Å². The fourth-order valence-electron chi connectivity index (χ4n) is 2.47. The minimum atomic E-state index is -3.62. The SMILES string of the molecule is CCONC(=O)c1cnc(Cl)cc1Nc1cc(F)c(CC)cc1N(C)S(C)(=O)=O. The Morgan fingerprint density at radius 1 is 1.28 bits per heavy atom. The average molecular weight is 445 g/mol. The molecule has 1 amide bonds. The van der Waals surface area contributed by atoms with Crippen LogP contribution < -0.4 is 15.1 Å². The third-order valence-corrected chi connectivity index (χ3v) is 5.47. The Hall–Kier alpha value is -2.43. The normalized spacial score (nSPS) is 11.2. The van der Waals surface area contributed by atoms with Gasteiger partial charge in [-0.15, -0.1) is 0 Å². The zero-order valence-electron chi connectivity index (χ0n) is 16.4. The summed E-state index contributed by atoms with van der Waals surface area (Å²) in [5.41, 5.74) is 3.23. The molecule has 0 aliphatic rings.